The summed E-state index contributed by atoms with van der Waals surface area (Å²) in [6, 6.07) is 6.51. The Balaban J connectivity index is 1.64. The molecule has 1 fully saturated rings. The third-order valence-corrected chi connectivity index (χ3v) is 4.72. The molecule has 3 rings (SSSR count). The Morgan fingerprint density at radius 1 is 1.25 bits per heavy atom. The SMILES string of the molecule is CCCCNC(=O)CN1CCCC1c1ccc2c(c1)OCCCO2. The number of nitrogens with zero attached hydrogens (tertiary/aromatic N) is 1. The number of rotatable bonds is 6. The third-order valence-electron chi connectivity index (χ3n) is 4.72. The number of carbonyl (C=O) groups excluding carboxylic acids is 1. The van der Waals surface area contributed by atoms with Gasteiger partial charge in [0.2, 0.25) is 5.91 Å². The van der Waals surface area contributed by atoms with E-state index in [0.29, 0.717) is 25.8 Å². The summed E-state index contributed by atoms with van der Waals surface area (Å²) in [7, 11) is 0. The van der Waals surface area contributed by atoms with E-state index in [0.717, 1.165) is 56.7 Å². The van der Waals surface area contributed by atoms with E-state index < -0.39 is 0 Å². The molecule has 0 saturated carbocycles. The van der Waals surface area contributed by atoms with Crippen LogP contribution in [0.5, 0.6) is 11.5 Å². The summed E-state index contributed by atoms with van der Waals surface area (Å²) in [6.07, 6.45) is 5.27. The van der Waals surface area contributed by atoms with Gasteiger partial charge in [0.05, 0.1) is 19.8 Å². The first-order chi connectivity index (χ1) is 11.8. The first-order valence-corrected chi connectivity index (χ1v) is 9.18. The van der Waals surface area contributed by atoms with Crippen LogP contribution < -0.4 is 14.8 Å². The van der Waals surface area contributed by atoms with Crippen molar-refractivity contribution in [3.05, 3.63) is 23.8 Å². The smallest absolute Gasteiger partial charge is 0.234 e. The number of carbonyl (C=O) groups is 1. The fourth-order valence-electron chi connectivity index (χ4n) is 3.42. The first-order valence-electron chi connectivity index (χ1n) is 9.18. The van der Waals surface area contributed by atoms with Crippen molar-refractivity contribution in [3.8, 4) is 11.5 Å². The molecule has 24 heavy (non-hydrogen) atoms. The van der Waals surface area contributed by atoms with Crippen LogP contribution in [0.3, 0.4) is 0 Å². The van der Waals surface area contributed by atoms with Crippen molar-refractivity contribution in [2.45, 2.75) is 45.1 Å². The maximum absolute atomic E-state index is 12.1. The van der Waals surface area contributed by atoms with E-state index in [4.69, 9.17) is 9.47 Å². The van der Waals surface area contributed by atoms with Crippen LogP contribution in [0.2, 0.25) is 0 Å². The highest BCUT2D eigenvalue weighted by Gasteiger charge is 2.28. The number of amides is 1. The molecule has 1 amide bonds. The lowest BCUT2D eigenvalue weighted by molar-refractivity contribution is -0.122. The van der Waals surface area contributed by atoms with Gasteiger partial charge < -0.3 is 14.8 Å². The Bertz CT molecular complexity index is 562. The molecule has 1 aromatic rings. The van der Waals surface area contributed by atoms with E-state index >= 15 is 0 Å². The lowest BCUT2D eigenvalue weighted by atomic mass is 10.0. The molecule has 2 heterocycles. The van der Waals surface area contributed by atoms with Gasteiger partial charge in [-0.1, -0.05) is 19.4 Å². The van der Waals surface area contributed by atoms with Crippen molar-refractivity contribution in [1.82, 2.24) is 10.2 Å². The summed E-state index contributed by atoms with van der Waals surface area (Å²) in [6.45, 7) is 5.76. The molecule has 0 aliphatic carbocycles. The standard InChI is InChI=1S/C19H28N2O3/c1-2-3-9-20-19(22)14-21-10-4-6-16(21)15-7-8-17-18(13-15)24-12-5-11-23-17/h7-8,13,16H,2-6,9-12,14H2,1H3,(H,20,22). The van der Waals surface area contributed by atoms with Crippen molar-refractivity contribution in [3.63, 3.8) is 0 Å². The number of unbranched alkanes of at least 4 members (excludes halogenated alkanes) is 1. The zero-order valence-electron chi connectivity index (χ0n) is 14.6. The Morgan fingerprint density at radius 2 is 2.08 bits per heavy atom. The Kier molecular flexibility index (Phi) is 5.96. The van der Waals surface area contributed by atoms with Crippen LogP contribution in [-0.4, -0.2) is 43.7 Å². The van der Waals surface area contributed by atoms with Gasteiger partial charge >= 0.3 is 0 Å². The van der Waals surface area contributed by atoms with Gasteiger partial charge in [-0.3, -0.25) is 9.69 Å². The molecule has 1 aromatic carbocycles. The quantitative estimate of drug-likeness (QED) is 0.814. The van der Waals surface area contributed by atoms with Crippen molar-refractivity contribution in [2.24, 2.45) is 0 Å². The van der Waals surface area contributed by atoms with Gasteiger partial charge in [0, 0.05) is 19.0 Å². The van der Waals surface area contributed by atoms with Crippen molar-refractivity contribution >= 4 is 5.91 Å². The highest BCUT2D eigenvalue weighted by atomic mass is 16.5. The predicted molar refractivity (Wildman–Crippen MR) is 93.5 cm³/mol. The average Bonchev–Trinajstić information content (AvgIpc) is 2.90. The topological polar surface area (TPSA) is 50.8 Å². The second kappa shape index (κ2) is 8.38. The highest BCUT2D eigenvalue weighted by Crippen LogP contribution is 2.37. The van der Waals surface area contributed by atoms with E-state index in [1.165, 1.54) is 5.56 Å². The zero-order chi connectivity index (χ0) is 16.8. The number of hydrogen-bond donors (Lipinski definition) is 1. The summed E-state index contributed by atoms with van der Waals surface area (Å²) < 4.78 is 11.5. The number of benzene rings is 1. The van der Waals surface area contributed by atoms with Gasteiger partial charge in [-0.15, -0.1) is 0 Å². The summed E-state index contributed by atoms with van der Waals surface area (Å²) in [5.41, 5.74) is 1.22. The van der Waals surface area contributed by atoms with Crippen LogP contribution in [0, 0.1) is 0 Å². The summed E-state index contributed by atoms with van der Waals surface area (Å²) in [5.74, 6) is 1.80. The van der Waals surface area contributed by atoms with E-state index in [9.17, 15) is 4.79 Å². The molecule has 132 valence electrons. The highest BCUT2D eigenvalue weighted by molar-refractivity contribution is 5.78. The second-order valence-corrected chi connectivity index (χ2v) is 6.59. The van der Waals surface area contributed by atoms with Crippen LogP contribution in [0.4, 0.5) is 0 Å². The Labute approximate surface area is 144 Å². The van der Waals surface area contributed by atoms with Gasteiger partial charge in [0.15, 0.2) is 11.5 Å². The third kappa shape index (κ3) is 4.20. The largest absolute Gasteiger partial charge is 0.490 e. The maximum atomic E-state index is 12.1. The van der Waals surface area contributed by atoms with Gasteiger partial charge in [-0.2, -0.15) is 0 Å². The molecule has 1 unspecified atom stereocenters. The van der Waals surface area contributed by atoms with Crippen molar-refractivity contribution in [1.29, 1.82) is 0 Å². The van der Waals surface area contributed by atoms with Gasteiger partial charge in [-0.25, -0.2) is 0 Å². The Morgan fingerprint density at radius 3 is 2.92 bits per heavy atom. The van der Waals surface area contributed by atoms with E-state index in [-0.39, 0.29) is 5.91 Å². The summed E-state index contributed by atoms with van der Waals surface area (Å²) >= 11 is 0. The molecule has 0 radical (unpaired) electrons. The van der Waals surface area contributed by atoms with Crippen LogP contribution >= 0.6 is 0 Å². The lowest BCUT2D eigenvalue weighted by Crippen LogP contribution is -2.37. The average molecular weight is 332 g/mol. The molecule has 0 aromatic heterocycles. The van der Waals surface area contributed by atoms with Gasteiger partial charge in [-0.05, 0) is 43.5 Å². The Hall–Kier alpha value is -1.75. The molecule has 5 nitrogen and oxygen atoms in total. The molecule has 1 atom stereocenters. The van der Waals surface area contributed by atoms with Crippen LogP contribution in [0.25, 0.3) is 0 Å². The minimum Gasteiger partial charge on any atom is -0.490 e. The maximum Gasteiger partial charge on any atom is 0.234 e. The van der Waals surface area contributed by atoms with Gasteiger partial charge in [0.25, 0.3) is 0 Å². The number of likely N-dealkylation sites (tertiary alicyclic amines) is 1. The summed E-state index contributed by atoms with van der Waals surface area (Å²) in [5, 5.41) is 3.02. The monoisotopic (exact) mass is 332 g/mol. The normalized spacial score (nSPS) is 20.6. The predicted octanol–water partition coefficient (Wildman–Crippen LogP) is 2.90. The molecule has 2 aliphatic heterocycles. The molecule has 5 heteroatoms. The zero-order valence-corrected chi connectivity index (χ0v) is 14.6. The molecule has 1 saturated heterocycles. The van der Waals surface area contributed by atoms with E-state index in [1.807, 2.05) is 6.07 Å². The number of ether oxygens (including phenoxy) is 2. The van der Waals surface area contributed by atoms with Crippen LogP contribution in [0.15, 0.2) is 18.2 Å². The minimum atomic E-state index is 0.129. The first kappa shape index (κ1) is 17.1. The molecule has 2 aliphatic rings. The van der Waals surface area contributed by atoms with E-state index in [2.05, 4.69) is 29.3 Å². The van der Waals surface area contributed by atoms with Gasteiger partial charge in [0.1, 0.15) is 0 Å². The number of hydrogen-bond acceptors (Lipinski definition) is 4. The van der Waals surface area contributed by atoms with Crippen LogP contribution in [0.1, 0.15) is 50.6 Å². The molecule has 0 spiro atoms. The fourth-order valence-corrected chi connectivity index (χ4v) is 3.42. The summed E-state index contributed by atoms with van der Waals surface area (Å²) in [4.78, 5) is 14.4. The number of fused-ring (bicyclic) bond motifs is 1. The molecular formula is C19H28N2O3. The number of nitrogens with one attached hydrogen (secondary N) is 1. The van der Waals surface area contributed by atoms with Crippen molar-refractivity contribution in [2.75, 3.05) is 32.8 Å². The molecular weight excluding hydrogens is 304 g/mol. The minimum absolute atomic E-state index is 0.129. The molecule has 0 bridgehead atoms. The van der Waals surface area contributed by atoms with E-state index in [1.54, 1.807) is 0 Å². The van der Waals surface area contributed by atoms with Crippen molar-refractivity contribution < 1.29 is 14.3 Å². The van der Waals surface area contributed by atoms with Crippen LogP contribution in [-0.2, 0) is 4.79 Å². The fraction of sp³-hybridized carbons (Fsp3) is 0.632. The molecule has 1 N–H and O–H groups in total. The lowest BCUT2D eigenvalue weighted by Gasteiger charge is -2.25. The second-order valence-electron chi connectivity index (χ2n) is 6.59.